The number of nitrogens with one attached hydrogen (secondary N) is 1. The summed E-state index contributed by atoms with van der Waals surface area (Å²) in [5, 5.41) is 3.37. The molecule has 2 heterocycles. The fraction of sp³-hybridized carbons (Fsp3) is 0.923. The fourth-order valence-corrected chi connectivity index (χ4v) is 3.84. The van der Waals surface area contributed by atoms with Gasteiger partial charge in [0.15, 0.2) is 0 Å². The third kappa shape index (κ3) is 3.38. The van der Waals surface area contributed by atoms with E-state index >= 15 is 0 Å². The third-order valence-corrected chi connectivity index (χ3v) is 4.86. The second kappa shape index (κ2) is 5.61. The van der Waals surface area contributed by atoms with Gasteiger partial charge in [-0.1, -0.05) is 0 Å². The van der Waals surface area contributed by atoms with Gasteiger partial charge in [0.2, 0.25) is 5.91 Å². The molecule has 2 aliphatic rings. The first-order valence-corrected chi connectivity index (χ1v) is 7.83. The molecule has 0 aliphatic carbocycles. The maximum atomic E-state index is 12.4. The molecule has 0 aromatic heterocycles. The highest BCUT2D eigenvalue weighted by Gasteiger charge is 2.34. The number of nitrogens with zero attached hydrogens (tertiary/aromatic N) is 1. The topological polar surface area (TPSA) is 32.3 Å². The van der Waals surface area contributed by atoms with Crippen molar-refractivity contribution in [2.24, 2.45) is 11.3 Å². The van der Waals surface area contributed by atoms with Crippen LogP contribution in [0.1, 0.15) is 26.7 Å². The van der Waals surface area contributed by atoms with Crippen molar-refractivity contribution in [2.45, 2.75) is 26.7 Å². The minimum Gasteiger partial charge on any atom is -0.341 e. The van der Waals surface area contributed by atoms with Crippen LogP contribution in [0.4, 0.5) is 0 Å². The average Bonchev–Trinajstić information content (AvgIpc) is 2.44. The zero-order valence-electron chi connectivity index (χ0n) is 11.0. The summed E-state index contributed by atoms with van der Waals surface area (Å²) >= 11 is 2.05. The highest BCUT2D eigenvalue weighted by molar-refractivity contribution is 7.99. The first-order valence-electron chi connectivity index (χ1n) is 6.67. The van der Waals surface area contributed by atoms with Crippen LogP contribution in [0.5, 0.6) is 0 Å². The molecule has 0 atom stereocenters. The molecule has 2 saturated heterocycles. The Bertz CT molecular complexity index is 275. The van der Waals surface area contributed by atoms with Crippen LogP contribution >= 0.6 is 11.8 Å². The molecule has 0 aromatic rings. The van der Waals surface area contributed by atoms with Crippen LogP contribution in [0.2, 0.25) is 0 Å². The third-order valence-electron chi connectivity index (χ3n) is 3.81. The van der Waals surface area contributed by atoms with Gasteiger partial charge in [0.1, 0.15) is 0 Å². The Kier molecular flexibility index (Phi) is 4.36. The van der Waals surface area contributed by atoms with Crippen LogP contribution in [-0.2, 0) is 4.79 Å². The summed E-state index contributed by atoms with van der Waals surface area (Å²) in [5.74, 6) is 3.61. The Morgan fingerprint density at radius 3 is 2.82 bits per heavy atom. The van der Waals surface area contributed by atoms with Crippen LogP contribution in [0.25, 0.3) is 0 Å². The lowest BCUT2D eigenvalue weighted by molar-refractivity contribution is -0.139. The van der Waals surface area contributed by atoms with Crippen molar-refractivity contribution in [3.8, 4) is 0 Å². The van der Waals surface area contributed by atoms with Gasteiger partial charge >= 0.3 is 0 Å². The van der Waals surface area contributed by atoms with Crippen molar-refractivity contribution in [3.05, 3.63) is 0 Å². The molecule has 2 aliphatic heterocycles. The second-order valence-electron chi connectivity index (χ2n) is 5.87. The van der Waals surface area contributed by atoms with E-state index in [0.29, 0.717) is 5.91 Å². The van der Waals surface area contributed by atoms with Crippen LogP contribution in [0.15, 0.2) is 0 Å². The molecule has 1 N–H and O–H groups in total. The molecule has 3 nitrogen and oxygen atoms in total. The van der Waals surface area contributed by atoms with Gasteiger partial charge in [0, 0.05) is 26.2 Å². The Morgan fingerprint density at radius 1 is 1.41 bits per heavy atom. The number of carbonyl (C=O) groups excluding carboxylic acids is 1. The summed E-state index contributed by atoms with van der Waals surface area (Å²) in [7, 11) is 0. The molecule has 0 radical (unpaired) electrons. The molecule has 0 saturated carbocycles. The zero-order valence-corrected chi connectivity index (χ0v) is 11.8. The Morgan fingerprint density at radius 2 is 2.12 bits per heavy atom. The van der Waals surface area contributed by atoms with Crippen molar-refractivity contribution >= 4 is 17.7 Å². The SMILES string of the molecule is CC1(C)CNCCN(CC2CCSCC2)C1=O. The number of hydrogen-bond donors (Lipinski definition) is 1. The van der Waals surface area contributed by atoms with Crippen molar-refractivity contribution in [1.82, 2.24) is 10.2 Å². The molecular weight excluding hydrogens is 232 g/mol. The molecule has 98 valence electrons. The van der Waals surface area contributed by atoms with Gasteiger partial charge < -0.3 is 10.2 Å². The summed E-state index contributed by atoms with van der Waals surface area (Å²) in [4.78, 5) is 14.5. The number of hydrogen-bond acceptors (Lipinski definition) is 3. The zero-order chi connectivity index (χ0) is 12.3. The summed E-state index contributed by atoms with van der Waals surface area (Å²) in [6.07, 6.45) is 2.56. The monoisotopic (exact) mass is 256 g/mol. The largest absolute Gasteiger partial charge is 0.341 e. The van der Waals surface area contributed by atoms with Gasteiger partial charge in [0.25, 0.3) is 0 Å². The van der Waals surface area contributed by atoms with Gasteiger partial charge in [-0.3, -0.25) is 4.79 Å². The number of thioether (sulfide) groups is 1. The van der Waals surface area contributed by atoms with Crippen LogP contribution < -0.4 is 5.32 Å². The minimum atomic E-state index is -0.236. The van der Waals surface area contributed by atoms with Gasteiger partial charge in [-0.05, 0) is 44.1 Å². The highest BCUT2D eigenvalue weighted by atomic mass is 32.2. The maximum absolute atomic E-state index is 12.4. The summed E-state index contributed by atoms with van der Waals surface area (Å²) in [6, 6.07) is 0. The molecule has 0 unspecified atom stereocenters. The van der Waals surface area contributed by atoms with E-state index in [1.807, 2.05) is 11.8 Å². The van der Waals surface area contributed by atoms with E-state index in [0.717, 1.165) is 32.1 Å². The van der Waals surface area contributed by atoms with Gasteiger partial charge in [-0.2, -0.15) is 11.8 Å². The molecular formula is C13H24N2OS. The molecule has 0 aromatic carbocycles. The summed E-state index contributed by atoms with van der Waals surface area (Å²) < 4.78 is 0. The molecule has 2 fully saturated rings. The Hall–Kier alpha value is -0.220. The number of carbonyl (C=O) groups is 1. The number of amides is 1. The lowest BCUT2D eigenvalue weighted by atomic mass is 9.91. The lowest BCUT2D eigenvalue weighted by Gasteiger charge is -2.32. The highest BCUT2D eigenvalue weighted by Crippen LogP contribution is 2.26. The van der Waals surface area contributed by atoms with Crippen molar-refractivity contribution in [2.75, 3.05) is 37.7 Å². The van der Waals surface area contributed by atoms with Crippen molar-refractivity contribution < 1.29 is 4.79 Å². The fourth-order valence-electron chi connectivity index (χ4n) is 2.63. The summed E-state index contributed by atoms with van der Waals surface area (Å²) in [5.41, 5.74) is -0.236. The summed E-state index contributed by atoms with van der Waals surface area (Å²) in [6.45, 7) is 7.71. The molecule has 1 amide bonds. The van der Waals surface area contributed by atoms with E-state index in [2.05, 4.69) is 24.1 Å². The number of rotatable bonds is 2. The van der Waals surface area contributed by atoms with E-state index in [-0.39, 0.29) is 5.41 Å². The first-order chi connectivity index (χ1) is 8.09. The molecule has 4 heteroatoms. The molecule has 17 heavy (non-hydrogen) atoms. The molecule has 0 bridgehead atoms. The molecule has 0 spiro atoms. The van der Waals surface area contributed by atoms with E-state index < -0.39 is 0 Å². The van der Waals surface area contributed by atoms with E-state index in [1.54, 1.807) is 0 Å². The van der Waals surface area contributed by atoms with E-state index in [9.17, 15) is 4.79 Å². The van der Waals surface area contributed by atoms with Crippen LogP contribution in [0, 0.1) is 11.3 Å². The standard InChI is InChI=1S/C13H24N2OS/c1-13(2)10-14-5-6-15(12(13)16)9-11-3-7-17-8-4-11/h11,14H,3-10H2,1-2H3. The van der Waals surface area contributed by atoms with Gasteiger partial charge in [-0.25, -0.2) is 0 Å². The normalized spacial score (nSPS) is 26.9. The Balaban J connectivity index is 1.95. The second-order valence-corrected chi connectivity index (χ2v) is 7.09. The average molecular weight is 256 g/mol. The Labute approximate surface area is 109 Å². The van der Waals surface area contributed by atoms with Crippen LogP contribution in [0.3, 0.4) is 0 Å². The van der Waals surface area contributed by atoms with Gasteiger partial charge in [0.05, 0.1) is 5.41 Å². The van der Waals surface area contributed by atoms with Gasteiger partial charge in [-0.15, -0.1) is 0 Å². The van der Waals surface area contributed by atoms with Crippen molar-refractivity contribution in [3.63, 3.8) is 0 Å². The minimum absolute atomic E-state index is 0.236. The predicted molar refractivity (Wildman–Crippen MR) is 73.3 cm³/mol. The first kappa shape index (κ1) is 13.2. The quantitative estimate of drug-likeness (QED) is 0.814. The maximum Gasteiger partial charge on any atom is 0.229 e. The van der Waals surface area contributed by atoms with Crippen LogP contribution in [-0.4, -0.2) is 48.5 Å². The predicted octanol–water partition coefficient (Wildman–Crippen LogP) is 1.59. The smallest absolute Gasteiger partial charge is 0.229 e. The molecule has 2 rings (SSSR count). The van der Waals surface area contributed by atoms with E-state index in [4.69, 9.17) is 0 Å². The van der Waals surface area contributed by atoms with E-state index in [1.165, 1.54) is 24.3 Å². The van der Waals surface area contributed by atoms with Crippen molar-refractivity contribution in [1.29, 1.82) is 0 Å². The lowest BCUT2D eigenvalue weighted by Crippen LogP contribution is -2.44.